The molecular formula is C13H13Cl2FN4. The highest BCUT2D eigenvalue weighted by atomic mass is 35.5. The molecule has 2 rings (SSSR count). The monoisotopic (exact) mass is 314 g/mol. The van der Waals surface area contributed by atoms with Crippen LogP contribution in [0, 0.1) is 5.82 Å². The largest absolute Gasteiger partial charge is 0.373 e. The van der Waals surface area contributed by atoms with Crippen LogP contribution in [0.25, 0.3) is 0 Å². The second-order valence-corrected chi connectivity index (χ2v) is 4.84. The Morgan fingerprint density at radius 1 is 1.10 bits per heavy atom. The summed E-state index contributed by atoms with van der Waals surface area (Å²) >= 11 is 12.0. The SMILES string of the molecule is CCc1nc(NC)cc(Nc2c(Cl)cc(F)cc2Cl)n1. The quantitative estimate of drug-likeness (QED) is 0.884. The Balaban J connectivity index is 2.39. The number of hydrogen-bond acceptors (Lipinski definition) is 4. The van der Waals surface area contributed by atoms with Crippen LogP contribution < -0.4 is 10.6 Å². The molecular weight excluding hydrogens is 302 g/mol. The van der Waals surface area contributed by atoms with Crippen molar-refractivity contribution in [3.05, 3.63) is 39.9 Å². The number of hydrogen-bond donors (Lipinski definition) is 2. The average Bonchev–Trinajstić information content (AvgIpc) is 2.42. The zero-order valence-corrected chi connectivity index (χ0v) is 12.5. The van der Waals surface area contributed by atoms with E-state index >= 15 is 0 Å². The summed E-state index contributed by atoms with van der Waals surface area (Å²) in [7, 11) is 1.77. The lowest BCUT2D eigenvalue weighted by Crippen LogP contribution is -2.03. The van der Waals surface area contributed by atoms with Gasteiger partial charge in [-0.25, -0.2) is 14.4 Å². The smallest absolute Gasteiger partial charge is 0.136 e. The molecule has 0 saturated carbocycles. The van der Waals surface area contributed by atoms with Crippen molar-refractivity contribution in [1.29, 1.82) is 0 Å². The Kier molecular flexibility index (Phi) is 4.62. The molecule has 2 N–H and O–H groups in total. The van der Waals surface area contributed by atoms with Crippen LogP contribution in [0.5, 0.6) is 0 Å². The van der Waals surface area contributed by atoms with Crippen LogP contribution in [0.2, 0.25) is 10.0 Å². The summed E-state index contributed by atoms with van der Waals surface area (Å²) in [5.74, 6) is 1.40. The Labute approximate surface area is 126 Å². The van der Waals surface area contributed by atoms with E-state index in [-0.39, 0.29) is 10.0 Å². The van der Waals surface area contributed by atoms with Gasteiger partial charge in [0.05, 0.1) is 15.7 Å². The lowest BCUT2D eigenvalue weighted by molar-refractivity contribution is 0.628. The van der Waals surface area contributed by atoms with E-state index in [1.54, 1.807) is 13.1 Å². The van der Waals surface area contributed by atoms with E-state index in [0.717, 1.165) is 0 Å². The third-order valence-corrected chi connectivity index (χ3v) is 3.20. The molecule has 1 heterocycles. The average molecular weight is 315 g/mol. The molecule has 0 amide bonds. The van der Waals surface area contributed by atoms with E-state index < -0.39 is 5.82 Å². The molecule has 0 atom stereocenters. The van der Waals surface area contributed by atoms with Gasteiger partial charge in [-0.15, -0.1) is 0 Å². The molecule has 4 nitrogen and oxygen atoms in total. The van der Waals surface area contributed by atoms with E-state index in [4.69, 9.17) is 23.2 Å². The van der Waals surface area contributed by atoms with Crippen LogP contribution >= 0.6 is 23.2 Å². The first-order valence-corrected chi connectivity index (χ1v) is 6.76. The lowest BCUT2D eigenvalue weighted by Gasteiger charge is -2.12. The maximum absolute atomic E-state index is 13.2. The molecule has 0 radical (unpaired) electrons. The number of rotatable bonds is 4. The van der Waals surface area contributed by atoms with Crippen molar-refractivity contribution in [2.24, 2.45) is 0 Å². The molecule has 106 valence electrons. The molecule has 7 heteroatoms. The van der Waals surface area contributed by atoms with Crippen molar-refractivity contribution in [3.63, 3.8) is 0 Å². The molecule has 0 bridgehead atoms. The fourth-order valence-corrected chi connectivity index (χ4v) is 2.19. The molecule has 20 heavy (non-hydrogen) atoms. The Morgan fingerprint density at radius 3 is 2.25 bits per heavy atom. The van der Waals surface area contributed by atoms with Crippen molar-refractivity contribution >= 4 is 40.5 Å². The van der Waals surface area contributed by atoms with E-state index in [2.05, 4.69) is 20.6 Å². The summed E-state index contributed by atoms with van der Waals surface area (Å²) in [5, 5.41) is 6.33. The minimum absolute atomic E-state index is 0.192. The zero-order chi connectivity index (χ0) is 14.7. The van der Waals surface area contributed by atoms with Crippen molar-refractivity contribution in [2.75, 3.05) is 17.7 Å². The molecule has 0 aliphatic carbocycles. The molecule has 0 fully saturated rings. The number of benzene rings is 1. The number of aryl methyl sites for hydroxylation is 1. The van der Waals surface area contributed by atoms with Gasteiger partial charge in [-0.3, -0.25) is 0 Å². The van der Waals surface area contributed by atoms with Gasteiger partial charge in [-0.2, -0.15) is 0 Å². The standard InChI is InChI=1S/C13H13Cl2FN4/c1-3-10-18-11(17-2)6-12(19-10)20-13-8(14)4-7(16)5-9(13)15/h4-6H,3H2,1-2H3,(H2,17,18,19,20). The van der Waals surface area contributed by atoms with Gasteiger partial charge in [0, 0.05) is 19.5 Å². The van der Waals surface area contributed by atoms with Crippen LogP contribution in [0.1, 0.15) is 12.7 Å². The van der Waals surface area contributed by atoms with Gasteiger partial charge in [-0.1, -0.05) is 30.1 Å². The van der Waals surface area contributed by atoms with Crippen LogP contribution in [-0.2, 0) is 6.42 Å². The molecule has 1 aromatic carbocycles. The summed E-state index contributed by atoms with van der Waals surface area (Å²) in [5.41, 5.74) is 0.414. The fourth-order valence-electron chi connectivity index (χ4n) is 1.64. The Hall–Kier alpha value is -1.59. The summed E-state index contributed by atoms with van der Waals surface area (Å²) in [6.45, 7) is 1.95. The van der Waals surface area contributed by atoms with Crippen molar-refractivity contribution in [2.45, 2.75) is 13.3 Å². The molecule has 2 aromatic rings. The van der Waals surface area contributed by atoms with Gasteiger partial charge < -0.3 is 10.6 Å². The molecule has 0 saturated heterocycles. The molecule has 0 aliphatic heterocycles. The van der Waals surface area contributed by atoms with Crippen molar-refractivity contribution in [1.82, 2.24) is 9.97 Å². The highest BCUT2D eigenvalue weighted by molar-refractivity contribution is 6.39. The first-order chi connectivity index (χ1) is 9.53. The van der Waals surface area contributed by atoms with Gasteiger partial charge in [-0.05, 0) is 12.1 Å². The normalized spacial score (nSPS) is 10.4. The third kappa shape index (κ3) is 3.29. The first kappa shape index (κ1) is 14.8. The second-order valence-electron chi connectivity index (χ2n) is 4.03. The summed E-state index contributed by atoms with van der Waals surface area (Å²) < 4.78 is 13.2. The summed E-state index contributed by atoms with van der Waals surface area (Å²) in [6.07, 6.45) is 0.690. The fraction of sp³-hybridized carbons (Fsp3) is 0.231. The maximum atomic E-state index is 13.2. The van der Waals surface area contributed by atoms with Gasteiger partial charge in [0.15, 0.2) is 0 Å². The van der Waals surface area contributed by atoms with E-state index in [1.165, 1.54) is 12.1 Å². The number of aromatic nitrogens is 2. The van der Waals surface area contributed by atoms with E-state index in [1.807, 2.05) is 6.92 Å². The van der Waals surface area contributed by atoms with Crippen molar-refractivity contribution < 1.29 is 4.39 Å². The van der Waals surface area contributed by atoms with Crippen LogP contribution in [0.3, 0.4) is 0 Å². The van der Waals surface area contributed by atoms with Crippen molar-refractivity contribution in [3.8, 4) is 0 Å². The Morgan fingerprint density at radius 2 is 1.70 bits per heavy atom. The van der Waals surface area contributed by atoms with E-state index in [0.29, 0.717) is 29.6 Å². The molecule has 0 unspecified atom stereocenters. The van der Waals surface area contributed by atoms with Gasteiger partial charge in [0.25, 0.3) is 0 Å². The highest BCUT2D eigenvalue weighted by Crippen LogP contribution is 2.33. The Bertz CT molecular complexity index is 589. The summed E-state index contributed by atoms with van der Waals surface area (Å²) in [6, 6.07) is 4.10. The number of anilines is 3. The number of nitrogens with one attached hydrogen (secondary N) is 2. The van der Waals surface area contributed by atoms with Gasteiger partial charge in [0.2, 0.25) is 0 Å². The predicted molar refractivity (Wildman–Crippen MR) is 80.7 cm³/mol. The summed E-state index contributed by atoms with van der Waals surface area (Å²) in [4.78, 5) is 8.61. The van der Waals surface area contributed by atoms with E-state index in [9.17, 15) is 4.39 Å². The molecule has 0 spiro atoms. The third-order valence-electron chi connectivity index (χ3n) is 2.60. The predicted octanol–water partition coefficient (Wildman–Crippen LogP) is 4.27. The first-order valence-electron chi connectivity index (χ1n) is 6.00. The topological polar surface area (TPSA) is 49.8 Å². The maximum Gasteiger partial charge on any atom is 0.136 e. The number of nitrogens with zero attached hydrogens (tertiary/aromatic N) is 2. The van der Waals surface area contributed by atoms with Gasteiger partial charge >= 0.3 is 0 Å². The van der Waals surface area contributed by atoms with Crippen LogP contribution in [-0.4, -0.2) is 17.0 Å². The minimum atomic E-state index is -0.488. The van der Waals surface area contributed by atoms with Crippen LogP contribution in [0.15, 0.2) is 18.2 Å². The zero-order valence-electron chi connectivity index (χ0n) is 11.0. The molecule has 1 aromatic heterocycles. The highest BCUT2D eigenvalue weighted by Gasteiger charge is 2.10. The lowest BCUT2D eigenvalue weighted by atomic mass is 10.3. The second kappa shape index (κ2) is 6.24. The molecule has 0 aliphatic rings. The number of halogens is 3. The van der Waals surface area contributed by atoms with Crippen LogP contribution in [0.4, 0.5) is 21.7 Å². The van der Waals surface area contributed by atoms with Gasteiger partial charge in [0.1, 0.15) is 23.3 Å². The minimum Gasteiger partial charge on any atom is -0.373 e.